The molecule has 0 spiro atoms. The lowest BCUT2D eigenvalue weighted by Gasteiger charge is -2.09. The van der Waals surface area contributed by atoms with E-state index in [0.29, 0.717) is 8.95 Å². The summed E-state index contributed by atoms with van der Waals surface area (Å²) in [4.78, 5) is 0. The van der Waals surface area contributed by atoms with Crippen LogP contribution in [0.4, 0.5) is 0 Å². The van der Waals surface area contributed by atoms with E-state index in [1.165, 1.54) is 0 Å². The zero-order valence-electron chi connectivity index (χ0n) is 8.11. The first-order chi connectivity index (χ1) is 7.61. The van der Waals surface area contributed by atoms with Crippen LogP contribution in [0.1, 0.15) is 0 Å². The zero-order chi connectivity index (χ0) is 11.7. The normalized spacial score (nSPS) is 10.4. The quantitative estimate of drug-likeness (QED) is 0.758. The number of phenols is 2. The van der Waals surface area contributed by atoms with E-state index < -0.39 is 0 Å². The van der Waals surface area contributed by atoms with Gasteiger partial charge in [0.25, 0.3) is 0 Å². The molecule has 0 heterocycles. The van der Waals surface area contributed by atoms with E-state index in [1.54, 1.807) is 6.07 Å². The Morgan fingerprint density at radius 3 is 2.12 bits per heavy atom. The van der Waals surface area contributed by atoms with E-state index in [1.807, 2.05) is 30.3 Å². The Labute approximate surface area is 110 Å². The fraction of sp³-hybridized carbons (Fsp3) is 0. The fourth-order valence-electron chi connectivity index (χ4n) is 1.43. The summed E-state index contributed by atoms with van der Waals surface area (Å²) in [6.45, 7) is 0. The van der Waals surface area contributed by atoms with Crippen molar-refractivity contribution in [2.24, 2.45) is 0 Å². The maximum absolute atomic E-state index is 9.70. The third-order valence-corrected chi connectivity index (χ3v) is 3.66. The van der Waals surface area contributed by atoms with Gasteiger partial charge in [0, 0.05) is 5.56 Å². The van der Waals surface area contributed by atoms with Gasteiger partial charge in [-0.25, -0.2) is 0 Å². The van der Waals surface area contributed by atoms with Gasteiger partial charge < -0.3 is 10.2 Å². The molecule has 0 aliphatic heterocycles. The van der Waals surface area contributed by atoms with Crippen LogP contribution < -0.4 is 0 Å². The maximum atomic E-state index is 9.70. The largest absolute Gasteiger partial charge is 0.503 e. The molecule has 0 saturated heterocycles. The van der Waals surface area contributed by atoms with Crippen LogP contribution in [0.15, 0.2) is 45.3 Å². The van der Waals surface area contributed by atoms with Crippen molar-refractivity contribution in [2.45, 2.75) is 0 Å². The summed E-state index contributed by atoms with van der Waals surface area (Å²) in [6.07, 6.45) is 0. The van der Waals surface area contributed by atoms with Crippen molar-refractivity contribution >= 4 is 31.9 Å². The third kappa shape index (κ3) is 1.95. The fourth-order valence-corrected chi connectivity index (χ4v) is 2.38. The van der Waals surface area contributed by atoms with Crippen LogP contribution in [0, 0.1) is 0 Å². The van der Waals surface area contributed by atoms with Gasteiger partial charge in [0.2, 0.25) is 0 Å². The topological polar surface area (TPSA) is 40.5 Å². The second-order valence-electron chi connectivity index (χ2n) is 3.28. The number of hydrogen-bond acceptors (Lipinski definition) is 2. The smallest absolute Gasteiger partial charge is 0.173 e. The summed E-state index contributed by atoms with van der Waals surface area (Å²) < 4.78 is 0.950. The van der Waals surface area contributed by atoms with Crippen LogP contribution in [-0.4, -0.2) is 10.2 Å². The Kier molecular flexibility index (Phi) is 3.21. The van der Waals surface area contributed by atoms with Gasteiger partial charge in [-0.2, -0.15) is 0 Å². The number of phenolic OH excluding ortho intramolecular Hbond substituents is 2. The van der Waals surface area contributed by atoms with Crippen LogP contribution >= 0.6 is 31.9 Å². The molecule has 2 nitrogen and oxygen atoms in total. The van der Waals surface area contributed by atoms with E-state index >= 15 is 0 Å². The van der Waals surface area contributed by atoms with Crippen LogP contribution in [0.25, 0.3) is 11.1 Å². The molecule has 0 amide bonds. The molecule has 2 aromatic carbocycles. The lowest BCUT2D eigenvalue weighted by Crippen LogP contribution is -1.82. The molecule has 4 heteroatoms. The first kappa shape index (κ1) is 11.5. The molecule has 82 valence electrons. The minimum atomic E-state index is -0.161. The SMILES string of the molecule is Oc1c(Br)cc(-c2ccccc2)c(Br)c1O. The van der Waals surface area contributed by atoms with Gasteiger partial charge in [0.15, 0.2) is 11.5 Å². The van der Waals surface area contributed by atoms with E-state index in [9.17, 15) is 10.2 Å². The average molecular weight is 344 g/mol. The monoisotopic (exact) mass is 342 g/mol. The highest BCUT2D eigenvalue weighted by Gasteiger charge is 2.14. The average Bonchev–Trinajstić information content (AvgIpc) is 2.32. The third-order valence-electron chi connectivity index (χ3n) is 2.25. The van der Waals surface area contributed by atoms with Crippen molar-refractivity contribution < 1.29 is 10.2 Å². The predicted molar refractivity (Wildman–Crippen MR) is 70.6 cm³/mol. The van der Waals surface area contributed by atoms with Gasteiger partial charge in [-0.05, 0) is 43.5 Å². The molecule has 0 saturated carbocycles. The molecule has 0 aliphatic carbocycles. The molecule has 0 bridgehead atoms. The molecule has 2 rings (SSSR count). The highest BCUT2D eigenvalue weighted by Crippen LogP contribution is 2.45. The van der Waals surface area contributed by atoms with Gasteiger partial charge in [0.05, 0.1) is 8.95 Å². The Balaban J connectivity index is 2.68. The van der Waals surface area contributed by atoms with Gasteiger partial charge in [-0.1, -0.05) is 30.3 Å². The molecule has 0 aromatic heterocycles. The van der Waals surface area contributed by atoms with E-state index in [0.717, 1.165) is 11.1 Å². The zero-order valence-corrected chi connectivity index (χ0v) is 11.3. The van der Waals surface area contributed by atoms with Crippen molar-refractivity contribution in [2.75, 3.05) is 0 Å². The lowest BCUT2D eigenvalue weighted by molar-refractivity contribution is 0.399. The Morgan fingerprint density at radius 2 is 1.50 bits per heavy atom. The van der Waals surface area contributed by atoms with Crippen LogP contribution in [0.2, 0.25) is 0 Å². The summed E-state index contributed by atoms with van der Waals surface area (Å²) in [5, 5.41) is 19.2. The highest BCUT2D eigenvalue weighted by molar-refractivity contribution is 9.11. The summed E-state index contributed by atoms with van der Waals surface area (Å²) in [5.41, 5.74) is 1.79. The van der Waals surface area contributed by atoms with Crippen molar-refractivity contribution in [3.8, 4) is 22.6 Å². The first-order valence-electron chi connectivity index (χ1n) is 4.56. The molecular weight excluding hydrogens is 336 g/mol. The molecule has 0 fully saturated rings. The maximum Gasteiger partial charge on any atom is 0.173 e. The van der Waals surface area contributed by atoms with Gasteiger partial charge in [0.1, 0.15) is 0 Å². The summed E-state index contributed by atoms with van der Waals surface area (Å²) in [7, 11) is 0. The van der Waals surface area contributed by atoms with Gasteiger partial charge in [-0.15, -0.1) is 0 Å². The number of rotatable bonds is 1. The van der Waals surface area contributed by atoms with Crippen molar-refractivity contribution in [1.29, 1.82) is 0 Å². The van der Waals surface area contributed by atoms with E-state index in [2.05, 4.69) is 31.9 Å². The lowest BCUT2D eigenvalue weighted by atomic mass is 10.1. The highest BCUT2D eigenvalue weighted by atomic mass is 79.9. The molecule has 16 heavy (non-hydrogen) atoms. The van der Waals surface area contributed by atoms with Crippen molar-refractivity contribution in [3.63, 3.8) is 0 Å². The van der Waals surface area contributed by atoms with Crippen LogP contribution in [0.5, 0.6) is 11.5 Å². The van der Waals surface area contributed by atoms with E-state index in [4.69, 9.17) is 0 Å². The van der Waals surface area contributed by atoms with Crippen molar-refractivity contribution in [3.05, 3.63) is 45.3 Å². The minimum Gasteiger partial charge on any atom is -0.503 e. The molecule has 0 unspecified atom stereocenters. The van der Waals surface area contributed by atoms with Crippen LogP contribution in [0.3, 0.4) is 0 Å². The second-order valence-corrected chi connectivity index (χ2v) is 4.93. The minimum absolute atomic E-state index is 0.159. The standard InChI is InChI=1S/C12H8Br2O2/c13-9-6-8(7-4-2-1-3-5-7)10(14)12(16)11(9)15/h1-6,15-16H. The molecule has 2 aromatic rings. The molecule has 0 radical (unpaired) electrons. The molecule has 0 aliphatic rings. The summed E-state index contributed by atoms with van der Waals surface area (Å²) in [5.74, 6) is -0.320. The molecule has 0 atom stereocenters. The van der Waals surface area contributed by atoms with Gasteiger partial charge in [-0.3, -0.25) is 0 Å². The van der Waals surface area contributed by atoms with Crippen LogP contribution in [-0.2, 0) is 0 Å². The number of aromatic hydroxyl groups is 2. The first-order valence-corrected chi connectivity index (χ1v) is 6.15. The molecule has 2 N–H and O–H groups in total. The number of benzene rings is 2. The van der Waals surface area contributed by atoms with Crippen molar-refractivity contribution in [1.82, 2.24) is 0 Å². The summed E-state index contributed by atoms with van der Waals surface area (Å²) in [6, 6.07) is 11.4. The predicted octanol–water partition coefficient (Wildman–Crippen LogP) is 4.29. The Hall–Kier alpha value is -1.00. The second kappa shape index (κ2) is 4.47. The Morgan fingerprint density at radius 1 is 0.875 bits per heavy atom. The number of halogens is 2. The Bertz CT molecular complexity index is 524. The molecular formula is C12H8Br2O2. The summed E-state index contributed by atoms with van der Waals surface area (Å²) >= 11 is 6.47. The number of hydrogen-bond donors (Lipinski definition) is 2. The van der Waals surface area contributed by atoms with E-state index in [-0.39, 0.29) is 11.5 Å². The van der Waals surface area contributed by atoms with Gasteiger partial charge >= 0.3 is 0 Å².